The Hall–Kier alpha value is -3.09. The lowest BCUT2D eigenvalue weighted by atomic mass is 9.94. The standard InChI is InChI=1S/C27H35N5O/c1-17(33)15-32-14-13-26-25(16-32)30-27(31(26)6)20(4)29-24-12-8-10-22(19(24)3)21-9-7-11-23(28-5)18(21)2/h7-12,17,28-29,33H,4,13-16H2,1-3,5-6H3. The van der Waals surface area contributed by atoms with Gasteiger partial charge < -0.3 is 20.3 Å². The van der Waals surface area contributed by atoms with Gasteiger partial charge in [-0.15, -0.1) is 0 Å². The van der Waals surface area contributed by atoms with Gasteiger partial charge in [0.15, 0.2) is 5.82 Å². The van der Waals surface area contributed by atoms with Gasteiger partial charge in [0, 0.05) is 57.2 Å². The number of aliphatic hydroxyl groups excluding tert-OH is 1. The van der Waals surface area contributed by atoms with E-state index in [1.807, 2.05) is 14.0 Å². The first kappa shape index (κ1) is 23.1. The van der Waals surface area contributed by atoms with Gasteiger partial charge in [-0.05, 0) is 55.2 Å². The number of nitrogens with zero attached hydrogens (tertiary/aromatic N) is 3. The molecule has 0 aliphatic carbocycles. The highest BCUT2D eigenvalue weighted by molar-refractivity contribution is 5.82. The molecule has 1 aromatic heterocycles. The number of hydrogen-bond donors (Lipinski definition) is 3. The third-order valence-corrected chi connectivity index (χ3v) is 6.64. The van der Waals surface area contributed by atoms with E-state index in [-0.39, 0.29) is 6.10 Å². The Morgan fingerprint density at radius 2 is 1.76 bits per heavy atom. The molecule has 6 nitrogen and oxygen atoms in total. The van der Waals surface area contributed by atoms with Crippen molar-refractivity contribution >= 4 is 17.1 Å². The summed E-state index contributed by atoms with van der Waals surface area (Å²) in [4.78, 5) is 7.18. The normalized spacial score (nSPS) is 14.6. The van der Waals surface area contributed by atoms with Gasteiger partial charge in [0.05, 0.1) is 17.5 Å². The van der Waals surface area contributed by atoms with Crippen molar-refractivity contribution in [3.63, 3.8) is 0 Å². The second kappa shape index (κ2) is 9.41. The van der Waals surface area contributed by atoms with Crippen LogP contribution in [0.15, 0.2) is 43.0 Å². The molecule has 0 fully saturated rings. The quantitative estimate of drug-likeness (QED) is 0.497. The van der Waals surface area contributed by atoms with Crippen LogP contribution < -0.4 is 10.6 Å². The van der Waals surface area contributed by atoms with E-state index in [4.69, 9.17) is 4.98 Å². The number of nitrogens with one attached hydrogen (secondary N) is 2. The molecule has 1 aliphatic heterocycles. The molecule has 0 radical (unpaired) electrons. The summed E-state index contributed by atoms with van der Waals surface area (Å²) in [5.74, 6) is 0.858. The van der Waals surface area contributed by atoms with Crippen molar-refractivity contribution in [1.82, 2.24) is 14.5 Å². The summed E-state index contributed by atoms with van der Waals surface area (Å²) in [5.41, 5.74) is 10.1. The molecule has 0 amide bonds. The van der Waals surface area contributed by atoms with Gasteiger partial charge >= 0.3 is 0 Å². The first-order valence-corrected chi connectivity index (χ1v) is 11.6. The number of aromatic nitrogens is 2. The van der Waals surface area contributed by atoms with E-state index in [1.54, 1.807) is 0 Å². The number of anilines is 2. The second-order valence-corrected chi connectivity index (χ2v) is 9.03. The van der Waals surface area contributed by atoms with Crippen molar-refractivity contribution in [3.05, 3.63) is 71.3 Å². The predicted molar refractivity (Wildman–Crippen MR) is 137 cm³/mol. The summed E-state index contributed by atoms with van der Waals surface area (Å²) >= 11 is 0. The van der Waals surface area contributed by atoms with E-state index in [1.165, 1.54) is 27.9 Å². The number of imidazole rings is 1. The lowest BCUT2D eigenvalue weighted by Gasteiger charge is -2.27. The molecule has 2 aromatic carbocycles. The van der Waals surface area contributed by atoms with Gasteiger partial charge in [-0.3, -0.25) is 4.90 Å². The maximum atomic E-state index is 9.75. The van der Waals surface area contributed by atoms with Crippen molar-refractivity contribution in [2.45, 2.75) is 39.8 Å². The zero-order valence-corrected chi connectivity index (χ0v) is 20.4. The van der Waals surface area contributed by atoms with E-state index in [0.29, 0.717) is 6.54 Å². The number of β-amino-alcohol motifs (C(OH)–C–C–N with tert-alkyl or cyclic N) is 1. The highest BCUT2D eigenvalue weighted by atomic mass is 16.3. The SMILES string of the molecule is C=C(Nc1cccc(-c2cccc(NC)c2C)c1C)c1nc2c(n1C)CCN(CC(C)O)C2. The Kier molecular flexibility index (Phi) is 6.58. The molecule has 1 aliphatic rings. The van der Waals surface area contributed by atoms with E-state index in [9.17, 15) is 5.11 Å². The van der Waals surface area contributed by atoms with Crippen LogP contribution in [0.4, 0.5) is 11.4 Å². The van der Waals surface area contributed by atoms with Crippen LogP contribution in [0.3, 0.4) is 0 Å². The minimum Gasteiger partial charge on any atom is -0.392 e. The number of aliphatic hydroxyl groups is 1. The van der Waals surface area contributed by atoms with Crippen molar-refractivity contribution in [3.8, 4) is 11.1 Å². The van der Waals surface area contributed by atoms with Crippen LogP contribution >= 0.6 is 0 Å². The van der Waals surface area contributed by atoms with Gasteiger partial charge in [0.2, 0.25) is 0 Å². The number of rotatable bonds is 7. The highest BCUT2D eigenvalue weighted by Gasteiger charge is 2.24. The van der Waals surface area contributed by atoms with Crippen LogP contribution in [0.2, 0.25) is 0 Å². The maximum Gasteiger partial charge on any atom is 0.156 e. The molecule has 2 heterocycles. The van der Waals surface area contributed by atoms with Gasteiger partial charge in [0.1, 0.15) is 0 Å². The molecular formula is C27H35N5O. The Bertz CT molecular complexity index is 1180. The lowest BCUT2D eigenvalue weighted by Crippen LogP contribution is -2.36. The van der Waals surface area contributed by atoms with Crippen LogP contribution in [0.1, 0.15) is 35.3 Å². The van der Waals surface area contributed by atoms with Crippen LogP contribution in [0.5, 0.6) is 0 Å². The topological polar surface area (TPSA) is 65.4 Å². The third kappa shape index (κ3) is 4.54. The average molecular weight is 446 g/mol. The van der Waals surface area contributed by atoms with Crippen molar-refractivity contribution < 1.29 is 5.11 Å². The van der Waals surface area contributed by atoms with E-state index in [0.717, 1.165) is 48.1 Å². The summed E-state index contributed by atoms with van der Waals surface area (Å²) in [6.45, 7) is 12.8. The average Bonchev–Trinajstić information content (AvgIpc) is 3.11. The monoisotopic (exact) mass is 445 g/mol. The predicted octanol–water partition coefficient (Wildman–Crippen LogP) is 4.57. The van der Waals surface area contributed by atoms with E-state index < -0.39 is 0 Å². The molecule has 33 heavy (non-hydrogen) atoms. The van der Waals surface area contributed by atoms with Crippen LogP contribution in [0.25, 0.3) is 16.8 Å². The van der Waals surface area contributed by atoms with Gasteiger partial charge in [-0.2, -0.15) is 0 Å². The molecule has 1 atom stereocenters. The summed E-state index contributed by atoms with van der Waals surface area (Å²) in [5, 5.41) is 16.6. The smallest absolute Gasteiger partial charge is 0.156 e. The fraction of sp³-hybridized carbons (Fsp3) is 0.370. The fourth-order valence-corrected chi connectivity index (χ4v) is 4.86. The Morgan fingerprint density at radius 1 is 1.12 bits per heavy atom. The van der Waals surface area contributed by atoms with Crippen LogP contribution in [-0.2, 0) is 20.0 Å². The molecule has 0 saturated carbocycles. The number of benzene rings is 2. The first-order chi connectivity index (χ1) is 15.8. The second-order valence-electron chi connectivity index (χ2n) is 9.03. The fourth-order valence-electron chi connectivity index (χ4n) is 4.86. The minimum atomic E-state index is -0.334. The molecular weight excluding hydrogens is 410 g/mol. The Morgan fingerprint density at radius 3 is 2.39 bits per heavy atom. The Balaban J connectivity index is 1.60. The third-order valence-electron chi connectivity index (χ3n) is 6.64. The van der Waals surface area contributed by atoms with Crippen molar-refractivity contribution in [1.29, 1.82) is 0 Å². The highest BCUT2D eigenvalue weighted by Crippen LogP contribution is 2.34. The largest absolute Gasteiger partial charge is 0.392 e. The first-order valence-electron chi connectivity index (χ1n) is 11.6. The molecule has 6 heteroatoms. The van der Waals surface area contributed by atoms with Gasteiger partial charge in [0.25, 0.3) is 0 Å². The molecule has 174 valence electrons. The minimum absolute atomic E-state index is 0.334. The van der Waals surface area contributed by atoms with Crippen molar-refractivity contribution in [2.75, 3.05) is 30.8 Å². The summed E-state index contributed by atoms with van der Waals surface area (Å²) in [6.07, 6.45) is 0.591. The molecule has 0 bridgehead atoms. The molecule has 0 saturated heterocycles. The van der Waals surface area contributed by atoms with Crippen LogP contribution in [-0.4, -0.2) is 45.8 Å². The van der Waals surface area contributed by atoms with Gasteiger partial charge in [-0.1, -0.05) is 30.8 Å². The van der Waals surface area contributed by atoms with E-state index in [2.05, 4.69) is 84.0 Å². The number of fused-ring (bicyclic) bond motifs is 1. The summed E-state index contributed by atoms with van der Waals surface area (Å²) in [6, 6.07) is 12.7. The summed E-state index contributed by atoms with van der Waals surface area (Å²) in [7, 11) is 4.02. The molecule has 3 N–H and O–H groups in total. The van der Waals surface area contributed by atoms with Crippen molar-refractivity contribution in [2.24, 2.45) is 7.05 Å². The lowest BCUT2D eigenvalue weighted by molar-refractivity contribution is 0.117. The molecule has 1 unspecified atom stereocenters. The number of hydrogen-bond acceptors (Lipinski definition) is 5. The van der Waals surface area contributed by atoms with Gasteiger partial charge in [-0.25, -0.2) is 4.98 Å². The van der Waals surface area contributed by atoms with Crippen LogP contribution in [0, 0.1) is 13.8 Å². The Labute approximate surface area is 197 Å². The molecule has 4 rings (SSSR count). The van der Waals surface area contributed by atoms with E-state index >= 15 is 0 Å². The maximum absolute atomic E-state index is 9.75. The summed E-state index contributed by atoms with van der Waals surface area (Å²) < 4.78 is 2.16. The zero-order chi connectivity index (χ0) is 23.7. The zero-order valence-electron chi connectivity index (χ0n) is 20.4. The molecule has 0 spiro atoms. The molecule has 3 aromatic rings.